The lowest BCUT2D eigenvalue weighted by Crippen LogP contribution is -2.17. The normalized spacial score (nSPS) is 11.7. The second-order valence-electron chi connectivity index (χ2n) is 7.99. The molecule has 176 valence electrons. The molecule has 2 heterocycles. The fourth-order valence-corrected chi connectivity index (χ4v) is 4.03. The highest BCUT2D eigenvalue weighted by atomic mass is 19.4. The van der Waals surface area contributed by atoms with Crippen molar-refractivity contribution in [2.45, 2.75) is 6.18 Å². The Morgan fingerprint density at radius 1 is 1.00 bits per heavy atom. The van der Waals surface area contributed by atoms with Gasteiger partial charge < -0.3 is 10.3 Å². The third-order valence-corrected chi connectivity index (χ3v) is 5.65. The van der Waals surface area contributed by atoms with Gasteiger partial charge in [-0.25, -0.2) is 4.39 Å². The number of benzene rings is 3. The summed E-state index contributed by atoms with van der Waals surface area (Å²) in [6, 6.07) is 19.0. The molecule has 0 unspecified atom stereocenters. The van der Waals surface area contributed by atoms with E-state index >= 15 is 0 Å². The predicted molar refractivity (Wildman–Crippen MR) is 125 cm³/mol. The van der Waals surface area contributed by atoms with Gasteiger partial charge in [-0.2, -0.15) is 18.3 Å². The van der Waals surface area contributed by atoms with E-state index in [1.807, 2.05) is 42.5 Å². The molecule has 0 aliphatic rings. The summed E-state index contributed by atoms with van der Waals surface area (Å²) in [5.41, 5.74) is 0.376. The minimum Gasteiger partial charge on any atom is -0.353 e. The summed E-state index contributed by atoms with van der Waals surface area (Å²) in [6.07, 6.45) is -3.36. The maximum Gasteiger partial charge on any atom is 0.417 e. The topological polar surface area (TPSA) is 62.7 Å². The molecule has 0 saturated heterocycles. The van der Waals surface area contributed by atoms with Crippen molar-refractivity contribution in [1.29, 1.82) is 0 Å². The van der Waals surface area contributed by atoms with Crippen LogP contribution in [0.25, 0.3) is 33.4 Å². The first kappa shape index (κ1) is 22.4. The lowest BCUT2D eigenvalue weighted by atomic mass is 9.99. The lowest BCUT2D eigenvalue weighted by Gasteiger charge is -2.15. The zero-order chi connectivity index (χ0) is 24.7. The number of nitrogens with zero attached hydrogens (tertiary/aromatic N) is 2. The predicted octanol–water partition coefficient (Wildman–Crippen LogP) is 6.65. The highest BCUT2D eigenvalue weighted by Crippen LogP contribution is 2.39. The van der Waals surface area contributed by atoms with Crippen molar-refractivity contribution >= 4 is 22.5 Å². The number of carbonyl (C=O) groups excluding carboxylic acids is 1. The molecule has 2 aromatic heterocycles. The van der Waals surface area contributed by atoms with Crippen molar-refractivity contribution in [1.82, 2.24) is 14.8 Å². The first-order valence-corrected chi connectivity index (χ1v) is 10.6. The van der Waals surface area contributed by atoms with Gasteiger partial charge in [-0.3, -0.25) is 9.48 Å². The molecule has 1 amide bonds. The van der Waals surface area contributed by atoms with E-state index in [9.17, 15) is 22.4 Å². The minimum atomic E-state index is -4.83. The molecule has 5 nitrogen and oxygen atoms in total. The van der Waals surface area contributed by atoms with Gasteiger partial charge in [-0.05, 0) is 24.3 Å². The molecular weight excluding hydrogens is 460 g/mol. The molecule has 0 fully saturated rings. The van der Waals surface area contributed by atoms with Crippen LogP contribution >= 0.6 is 0 Å². The van der Waals surface area contributed by atoms with Gasteiger partial charge >= 0.3 is 6.18 Å². The highest BCUT2D eigenvalue weighted by Gasteiger charge is 2.36. The van der Waals surface area contributed by atoms with E-state index in [1.165, 1.54) is 16.9 Å². The number of aryl methyl sites for hydroxylation is 1. The van der Waals surface area contributed by atoms with Crippen LogP contribution in [-0.2, 0) is 13.2 Å². The van der Waals surface area contributed by atoms with Crippen molar-refractivity contribution in [2.75, 3.05) is 5.32 Å². The zero-order valence-corrected chi connectivity index (χ0v) is 18.3. The van der Waals surface area contributed by atoms with Crippen LogP contribution in [0.2, 0.25) is 0 Å². The molecular formula is C26H18F4N4O. The molecule has 0 aliphatic heterocycles. The highest BCUT2D eigenvalue weighted by molar-refractivity contribution is 6.13. The standard InChI is InChI=1S/C26H18F4N4O/c1-34-12-11-22(33-34)17-13-18(20(27)14-19(17)26(28,29)30)25(35)32-24-16-9-5-6-10-21(16)31-23(24)15-7-3-2-4-8-15/h2-14,31H,1H3,(H,32,35). The van der Waals surface area contributed by atoms with Crippen LogP contribution in [0.5, 0.6) is 0 Å². The van der Waals surface area contributed by atoms with Crippen LogP contribution in [0, 0.1) is 5.82 Å². The summed E-state index contributed by atoms with van der Waals surface area (Å²) < 4.78 is 57.2. The maximum atomic E-state index is 14.9. The molecule has 5 rings (SSSR count). The molecule has 0 radical (unpaired) electrons. The molecule has 0 bridgehead atoms. The molecule has 3 aromatic carbocycles. The van der Waals surface area contributed by atoms with Crippen LogP contribution in [0.1, 0.15) is 15.9 Å². The van der Waals surface area contributed by atoms with Gasteiger partial charge in [-0.1, -0.05) is 48.5 Å². The average molecular weight is 478 g/mol. The van der Waals surface area contributed by atoms with E-state index in [-0.39, 0.29) is 11.3 Å². The number of amides is 1. The van der Waals surface area contributed by atoms with Gasteiger partial charge in [0.2, 0.25) is 0 Å². The summed E-state index contributed by atoms with van der Waals surface area (Å²) in [5, 5.41) is 7.41. The number of hydrogen-bond acceptors (Lipinski definition) is 2. The Kier molecular flexibility index (Phi) is 5.39. The molecule has 5 aromatic rings. The van der Waals surface area contributed by atoms with Crippen molar-refractivity contribution in [3.63, 3.8) is 0 Å². The van der Waals surface area contributed by atoms with Crippen LogP contribution in [0.15, 0.2) is 79.0 Å². The number of aromatic amines is 1. The molecule has 0 saturated carbocycles. The largest absolute Gasteiger partial charge is 0.417 e. The van der Waals surface area contributed by atoms with Gasteiger partial charge in [0, 0.05) is 35.3 Å². The number of anilines is 1. The summed E-state index contributed by atoms with van der Waals surface area (Å²) in [6.45, 7) is 0. The molecule has 0 atom stereocenters. The first-order chi connectivity index (χ1) is 16.7. The van der Waals surface area contributed by atoms with Crippen molar-refractivity contribution in [3.8, 4) is 22.5 Å². The number of hydrogen-bond donors (Lipinski definition) is 2. The Morgan fingerprint density at radius 2 is 1.71 bits per heavy atom. The van der Waals surface area contributed by atoms with Crippen LogP contribution in [0.4, 0.5) is 23.2 Å². The van der Waals surface area contributed by atoms with Gasteiger partial charge in [0.1, 0.15) is 5.82 Å². The maximum absolute atomic E-state index is 14.9. The lowest BCUT2D eigenvalue weighted by molar-refractivity contribution is -0.137. The van der Waals surface area contributed by atoms with Crippen molar-refractivity contribution < 1.29 is 22.4 Å². The Hall–Kier alpha value is -4.40. The van der Waals surface area contributed by atoms with E-state index in [0.29, 0.717) is 22.8 Å². The number of nitrogens with one attached hydrogen (secondary N) is 2. The molecule has 9 heteroatoms. The number of carbonyl (C=O) groups is 1. The smallest absolute Gasteiger partial charge is 0.353 e. The molecule has 0 aliphatic carbocycles. The fraction of sp³-hybridized carbons (Fsp3) is 0.0769. The Labute approximate surface area is 197 Å². The van der Waals surface area contributed by atoms with E-state index < -0.39 is 29.0 Å². The number of H-pyrrole nitrogens is 1. The molecule has 0 spiro atoms. The van der Waals surface area contributed by atoms with Gasteiger partial charge in [0.15, 0.2) is 0 Å². The first-order valence-electron chi connectivity index (χ1n) is 10.6. The van der Waals surface area contributed by atoms with E-state index in [4.69, 9.17) is 0 Å². The number of aromatic nitrogens is 3. The van der Waals surface area contributed by atoms with Crippen molar-refractivity contribution in [3.05, 3.63) is 95.9 Å². The Balaban J connectivity index is 1.62. The quantitative estimate of drug-likeness (QED) is 0.284. The Bertz CT molecular complexity index is 1550. The second-order valence-corrected chi connectivity index (χ2v) is 7.99. The zero-order valence-electron chi connectivity index (χ0n) is 18.3. The SMILES string of the molecule is Cn1ccc(-c2cc(C(=O)Nc3c(-c4ccccc4)[nH]c4ccccc34)c(F)cc2C(F)(F)F)n1. The van der Waals surface area contributed by atoms with Gasteiger partial charge in [0.05, 0.1) is 28.2 Å². The summed E-state index contributed by atoms with van der Waals surface area (Å²) in [4.78, 5) is 16.5. The van der Waals surface area contributed by atoms with E-state index in [2.05, 4.69) is 15.4 Å². The average Bonchev–Trinajstić information content (AvgIpc) is 3.42. The van der Waals surface area contributed by atoms with Crippen LogP contribution < -0.4 is 5.32 Å². The minimum absolute atomic E-state index is 0.0223. The molecule has 2 N–H and O–H groups in total. The summed E-state index contributed by atoms with van der Waals surface area (Å²) >= 11 is 0. The summed E-state index contributed by atoms with van der Waals surface area (Å²) in [7, 11) is 1.55. The fourth-order valence-electron chi connectivity index (χ4n) is 4.03. The Morgan fingerprint density at radius 3 is 2.40 bits per heavy atom. The molecule has 35 heavy (non-hydrogen) atoms. The van der Waals surface area contributed by atoms with Gasteiger partial charge in [-0.15, -0.1) is 0 Å². The third kappa shape index (κ3) is 4.16. The van der Waals surface area contributed by atoms with E-state index in [0.717, 1.165) is 17.1 Å². The number of halogens is 4. The monoisotopic (exact) mass is 478 g/mol. The van der Waals surface area contributed by atoms with Crippen LogP contribution in [-0.4, -0.2) is 20.7 Å². The van der Waals surface area contributed by atoms with E-state index in [1.54, 1.807) is 19.2 Å². The second kappa shape index (κ2) is 8.43. The number of para-hydroxylation sites is 1. The number of rotatable bonds is 4. The number of alkyl halides is 3. The van der Waals surface area contributed by atoms with Gasteiger partial charge in [0.25, 0.3) is 5.91 Å². The third-order valence-electron chi connectivity index (χ3n) is 5.65. The van der Waals surface area contributed by atoms with Crippen molar-refractivity contribution in [2.24, 2.45) is 7.05 Å². The summed E-state index contributed by atoms with van der Waals surface area (Å²) in [5.74, 6) is -2.16. The van der Waals surface area contributed by atoms with Crippen LogP contribution in [0.3, 0.4) is 0 Å². The number of fused-ring (bicyclic) bond motifs is 1.